The smallest absolute Gasteiger partial charge is 0.270 e. The Morgan fingerprint density at radius 1 is 1.00 bits per heavy atom. The van der Waals surface area contributed by atoms with Gasteiger partial charge in [0.1, 0.15) is 11.9 Å². The average Bonchev–Trinajstić information content (AvgIpc) is 2.40. The predicted molar refractivity (Wildman–Crippen MR) is 66.9 cm³/mol. The maximum atomic E-state index is 11.8. The van der Waals surface area contributed by atoms with E-state index < -0.39 is 0 Å². The van der Waals surface area contributed by atoms with Crippen LogP contribution in [-0.2, 0) is 14.4 Å². The first-order chi connectivity index (χ1) is 8.75. The van der Waals surface area contributed by atoms with E-state index in [-0.39, 0.29) is 17.4 Å². The quantitative estimate of drug-likeness (QED) is 0.261. The lowest BCUT2D eigenvalue weighted by molar-refractivity contribution is -0.130. The Bertz CT molecular complexity index is 487. The van der Waals surface area contributed by atoms with Crippen LogP contribution >= 0.6 is 0 Å². The predicted octanol–water partition coefficient (Wildman–Crippen LogP) is 1.86. The zero-order chi connectivity index (χ0) is 13.0. The number of amides is 2. The summed E-state index contributed by atoms with van der Waals surface area (Å²) in [7, 11) is 0. The molecule has 0 radical (unpaired) electrons. The molecule has 0 aliphatic carbocycles. The van der Waals surface area contributed by atoms with Crippen molar-refractivity contribution in [2.45, 2.75) is 19.3 Å². The van der Waals surface area contributed by atoms with E-state index in [2.05, 4.69) is 0 Å². The number of unbranched alkanes of at least 4 members (excludes halogenated alkanes) is 2. The molecular formula is C14H13NO3. The van der Waals surface area contributed by atoms with E-state index in [1.165, 1.54) is 0 Å². The van der Waals surface area contributed by atoms with Gasteiger partial charge in [-0.15, -0.1) is 0 Å². The highest BCUT2D eigenvalue weighted by molar-refractivity contribution is 6.46. The second-order valence-corrected chi connectivity index (χ2v) is 4.00. The summed E-state index contributed by atoms with van der Waals surface area (Å²) in [4.78, 5) is 34.9. The van der Waals surface area contributed by atoms with Crippen LogP contribution in [0.25, 0.3) is 0 Å². The summed E-state index contributed by atoms with van der Waals surface area (Å²) in [6.07, 6.45) is 4.15. The van der Waals surface area contributed by atoms with E-state index in [0.29, 0.717) is 24.9 Å². The SMILES string of the molecule is O=CCCCC=C1C(=O)N(c2ccccc2)C1=O. The van der Waals surface area contributed by atoms with Gasteiger partial charge in [-0.1, -0.05) is 24.3 Å². The number of carbonyl (C=O) groups excluding carboxylic acids is 3. The molecule has 2 rings (SSSR count). The number of aldehydes is 1. The number of para-hydroxylation sites is 1. The number of hydrogen-bond acceptors (Lipinski definition) is 3. The van der Waals surface area contributed by atoms with Crippen molar-refractivity contribution in [3.05, 3.63) is 42.0 Å². The van der Waals surface area contributed by atoms with E-state index in [1.807, 2.05) is 6.07 Å². The van der Waals surface area contributed by atoms with Crippen LogP contribution < -0.4 is 4.90 Å². The van der Waals surface area contributed by atoms with Crippen LogP contribution in [-0.4, -0.2) is 18.1 Å². The molecule has 1 aromatic carbocycles. The highest BCUT2D eigenvalue weighted by Crippen LogP contribution is 2.27. The zero-order valence-electron chi connectivity index (χ0n) is 9.83. The first-order valence-electron chi connectivity index (χ1n) is 5.83. The molecule has 0 N–H and O–H groups in total. The first kappa shape index (κ1) is 12.2. The Labute approximate surface area is 105 Å². The maximum absolute atomic E-state index is 11.8. The Morgan fingerprint density at radius 3 is 2.28 bits per heavy atom. The second kappa shape index (κ2) is 5.40. The van der Waals surface area contributed by atoms with Gasteiger partial charge in [-0.25, -0.2) is 4.90 Å². The monoisotopic (exact) mass is 243 g/mol. The molecule has 0 bridgehead atoms. The number of hydrogen-bond donors (Lipinski definition) is 0. The molecule has 1 fully saturated rings. The maximum Gasteiger partial charge on any atom is 0.270 e. The van der Waals surface area contributed by atoms with Gasteiger partial charge in [-0.3, -0.25) is 9.59 Å². The molecule has 18 heavy (non-hydrogen) atoms. The fourth-order valence-electron chi connectivity index (χ4n) is 1.81. The summed E-state index contributed by atoms with van der Waals surface area (Å²) in [6.45, 7) is 0. The summed E-state index contributed by atoms with van der Waals surface area (Å²) in [5.74, 6) is -0.533. The van der Waals surface area contributed by atoms with E-state index in [4.69, 9.17) is 0 Å². The van der Waals surface area contributed by atoms with Crippen LogP contribution in [0.5, 0.6) is 0 Å². The number of nitrogens with zero attached hydrogens (tertiary/aromatic N) is 1. The standard InChI is InChI=1S/C14H13NO3/c16-10-6-2-5-9-12-13(17)15(14(12)18)11-7-3-1-4-8-11/h1,3-4,7-10H,2,5-6H2. The fourth-order valence-corrected chi connectivity index (χ4v) is 1.81. The van der Waals surface area contributed by atoms with Gasteiger partial charge in [-0.05, 0) is 25.0 Å². The zero-order valence-corrected chi connectivity index (χ0v) is 9.83. The fraction of sp³-hybridized carbons (Fsp3) is 0.214. The molecular weight excluding hydrogens is 230 g/mol. The summed E-state index contributed by atoms with van der Waals surface area (Å²) in [5.41, 5.74) is 0.822. The van der Waals surface area contributed by atoms with E-state index in [1.54, 1.807) is 30.3 Å². The van der Waals surface area contributed by atoms with Crippen LogP contribution in [0.3, 0.4) is 0 Å². The number of carbonyl (C=O) groups is 3. The largest absolute Gasteiger partial charge is 0.303 e. The van der Waals surface area contributed by atoms with Gasteiger partial charge in [0, 0.05) is 6.42 Å². The van der Waals surface area contributed by atoms with Crippen molar-refractivity contribution in [2.75, 3.05) is 4.90 Å². The Balaban J connectivity index is 2.02. The van der Waals surface area contributed by atoms with Crippen molar-refractivity contribution in [2.24, 2.45) is 0 Å². The summed E-state index contributed by atoms with van der Waals surface area (Å²) in [6, 6.07) is 8.83. The van der Waals surface area contributed by atoms with Gasteiger partial charge >= 0.3 is 0 Å². The average molecular weight is 243 g/mol. The molecule has 4 nitrogen and oxygen atoms in total. The Morgan fingerprint density at radius 2 is 1.67 bits per heavy atom. The Kier molecular flexibility index (Phi) is 3.67. The molecule has 1 aromatic rings. The Hall–Kier alpha value is -2.23. The number of rotatable bonds is 5. The van der Waals surface area contributed by atoms with E-state index in [0.717, 1.165) is 11.2 Å². The molecule has 0 saturated carbocycles. The van der Waals surface area contributed by atoms with Crippen LogP contribution in [0.15, 0.2) is 42.0 Å². The highest BCUT2D eigenvalue weighted by Gasteiger charge is 2.41. The molecule has 0 unspecified atom stereocenters. The van der Waals surface area contributed by atoms with Crippen LogP contribution in [0.2, 0.25) is 0 Å². The molecule has 1 heterocycles. The molecule has 0 spiro atoms. The van der Waals surface area contributed by atoms with Crippen LogP contribution in [0.1, 0.15) is 19.3 Å². The minimum Gasteiger partial charge on any atom is -0.303 e. The van der Waals surface area contributed by atoms with Gasteiger partial charge in [0.15, 0.2) is 0 Å². The van der Waals surface area contributed by atoms with Crippen molar-refractivity contribution in [1.82, 2.24) is 0 Å². The lowest BCUT2D eigenvalue weighted by atomic mass is 10.0. The number of benzene rings is 1. The third-order valence-electron chi connectivity index (χ3n) is 2.76. The molecule has 1 aliphatic rings. The van der Waals surface area contributed by atoms with Crippen molar-refractivity contribution in [3.63, 3.8) is 0 Å². The molecule has 1 aliphatic heterocycles. The second-order valence-electron chi connectivity index (χ2n) is 4.00. The summed E-state index contributed by atoms with van der Waals surface area (Å²) in [5, 5.41) is 0. The lowest BCUT2D eigenvalue weighted by Crippen LogP contribution is -2.51. The molecule has 1 saturated heterocycles. The number of β-lactam (4-membered cyclic amide) rings is 2. The lowest BCUT2D eigenvalue weighted by Gasteiger charge is -2.30. The highest BCUT2D eigenvalue weighted by atomic mass is 16.2. The van der Waals surface area contributed by atoms with Gasteiger partial charge < -0.3 is 4.79 Å². The summed E-state index contributed by atoms with van der Waals surface area (Å²) >= 11 is 0. The molecule has 0 atom stereocenters. The van der Waals surface area contributed by atoms with Crippen molar-refractivity contribution >= 4 is 23.8 Å². The number of anilines is 1. The first-order valence-corrected chi connectivity index (χ1v) is 5.83. The number of imide groups is 1. The molecule has 0 aromatic heterocycles. The van der Waals surface area contributed by atoms with Gasteiger partial charge in [-0.2, -0.15) is 0 Å². The summed E-state index contributed by atoms with van der Waals surface area (Å²) < 4.78 is 0. The van der Waals surface area contributed by atoms with Crippen LogP contribution in [0.4, 0.5) is 5.69 Å². The third kappa shape index (κ3) is 2.22. The number of allylic oxidation sites excluding steroid dienone is 1. The minimum atomic E-state index is -0.266. The van der Waals surface area contributed by atoms with Gasteiger partial charge in [0.05, 0.1) is 5.69 Å². The topological polar surface area (TPSA) is 54.5 Å². The van der Waals surface area contributed by atoms with Crippen molar-refractivity contribution in [3.8, 4) is 0 Å². The van der Waals surface area contributed by atoms with Crippen molar-refractivity contribution in [1.29, 1.82) is 0 Å². The molecule has 2 amide bonds. The van der Waals surface area contributed by atoms with E-state index >= 15 is 0 Å². The van der Waals surface area contributed by atoms with Gasteiger partial charge in [0.25, 0.3) is 11.8 Å². The normalized spacial score (nSPS) is 14.4. The van der Waals surface area contributed by atoms with Crippen molar-refractivity contribution < 1.29 is 14.4 Å². The minimum absolute atomic E-state index is 0.227. The molecule has 4 heteroatoms. The molecule has 92 valence electrons. The van der Waals surface area contributed by atoms with Crippen LogP contribution in [0, 0.1) is 0 Å². The van der Waals surface area contributed by atoms with Gasteiger partial charge in [0.2, 0.25) is 0 Å². The van der Waals surface area contributed by atoms with E-state index in [9.17, 15) is 14.4 Å². The third-order valence-corrected chi connectivity index (χ3v) is 2.76.